The molecule has 0 bridgehead atoms. The molecule has 0 atom stereocenters. The van der Waals surface area contributed by atoms with Crippen molar-refractivity contribution in [1.29, 1.82) is 0 Å². The number of ether oxygens (including phenoxy) is 1. The summed E-state index contributed by atoms with van der Waals surface area (Å²) < 4.78 is 16.4. The summed E-state index contributed by atoms with van der Waals surface area (Å²) in [7, 11) is 1.59. The third-order valence-electron chi connectivity index (χ3n) is 5.48. The van der Waals surface area contributed by atoms with Gasteiger partial charge in [0.05, 0.1) is 12.7 Å². The molecule has 0 unspecified atom stereocenters. The van der Waals surface area contributed by atoms with Crippen molar-refractivity contribution in [2.24, 2.45) is 0 Å². The lowest BCUT2D eigenvalue weighted by Gasteiger charge is -2.04. The highest BCUT2D eigenvalue weighted by atomic mass is 16.5. The second-order valence-corrected chi connectivity index (χ2v) is 7.76. The number of para-hydroxylation sites is 1. The number of hydrogen-bond acceptors (Lipinski definition) is 6. The van der Waals surface area contributed by atoms with Gasteiger partial charge in [0, 0.05) is 22.6 Å². The number of amides is 1. The first kappa shape index (κ1) is 21.2. The second kappa shape index (κ2) is 8.71. The quantitative estimate of drug-likeness (QED) is 0.323. The molecule has 7 nitrogen and oxygen atoms in total. The Morgan fingerprint density at radius 3 is 2.41 bits per heavy atom. The van der Waals surface area contributed by atoms with Gasteiger partial charge in [0.25, 0.3) is 5.91 Å². The van der Waals surface area contributed by atoms with Gasteiger partial charge in [0.2, 0.25) is 5.88 Å². The highest BCUT2D eigenvalue weighted by molar-refractivity contribution is 6.21. The molecule has 7 heteroatoms. The van der Waals surface area contributed by atoms with Gasteiger partial charge in [-0.05, 0) is 37.3 Å². The molecule has 5 rings (SSSR count). The summed E-state index contributed by atoms with van der Waals surface area (Å²) in [6.45, 7) is 1.95. The Labute approximate surface area is 194 Å². The Hall–Kier alpha value is -4.65. The van der Waals surface area contributed by atoms with E-state index in [4.69, 9.17) is 13.7 Å². The summed E-state index contributed by atoms with van der Waals surface area (Å²) in [6.07, 6.45) is 0. The van der Waals surface area contributed by atoms with E-state index in [-0.39, 0.29) is 22.9 Å². The van der Waals surface area contributed by atoms with Gasteiger partial charge in [0.1, 0.15) is 11.3 Å². The maximum absolute atomic E-state index is 13.4. The number of hydrogen-bond donors (Lipinski definition) is 1. The van der Waals surface area contributed by atoms with Crippen LogP contribution in [0.2, 0.25) is 0 Å². The number of rotatable bonds is 6. The summed E-state index contributed by atoms with van der Waals surface area (Å²) in [5.74, 6) is 0.385. The van der Waals surface area contributed by atoms with E-state index in [0.717, 1.165) is 11.1 Å². The normalized spacial score (nSPS) is 10.9. The van der Waals surface area contributed by atoms with E-state index in [0.29, 0.717) is 28.0 Å². The molecule has 0 saturated heterocycles. The van der Waals surface area contributed by atoms with Crippen molar-refractivity contribution in [3.8, 4) is 17.1 Å². The Kier molecular flexibility index (Phi) is 5.43. The second-order valence-electron chi connectivity index (χ2n) is 7.76. The molecule has 2 aromatic heterocycles. The van der Waals surface area contributed by atoms with Crippen LogP contribution in [0.25, 0.3) is 22.3 Å². The van der Waals surface area contributed by atoms with Crippen molar-refractivity contribution >= 4 is 28.5 Å². The van der Waals surface area contributed by atoms with Crippen molar-refractivity contribution in [1.82, 2.24) is 5.16 Å². The monoisotopic (exact) mass is 452 g/mol. The number of carbonyl (C=O) groups excluding carboxylic acids is 2. The zero-order valence-electron chi connectivity index (χ0n) is 18.5. The average molecular weight is 452 g/mol. The number of ketones is 1. The van der Waals surface area contributed by atoms with Crippen molar-refractivity contribution < 1.29 is 23.3 Å². The van der Waals surface area contributed by atoms with Gasteiger partial charge in [-0.25, -0.2) is 0 Å². The van der Waals surface area contributed by atoms with Crippen molar-refractivity contribution in [3.63, 3.8) is 0 Å². The Balaban J connectivity index is 1.46. The summed E-state index contributed by atoms with van der Waals surface area (Å²) >= 11 is 0. The number of anilines is 1. The molecule has 3 aromatic carbocycles. The van der Waals surface area contributed by atoms with Gasteiger partial charge in [-0.1, -0.05) is 53.2 Å². The predicted molar refractivity (Wildman–Crippen MR) is 127 cm³/mol. The zero-order chi connectivity index (χ0) is 23.7. The largest absolute Gasteiger partial charge is 0.497 e. The van der Waals surface area contributed by atoms with Crippen LogP contribution in [0, 0.1) is 6.92 Å². The van der Waals surface area contributed by atoms with E-state index in [2.05, 4.69) is 10.5 Å². The SMILES string of the molecule is COc1ccc(-c2cc(C(=O)Nc3oc4ccccc4c3C(=O)c3ccc(C)cc3)no2)cc1. The highest BCUT2D eigenvalue weighted by Gasteiger charge is 2.25. The van der Waals surface area contributed by atoms with E-state index < -0.39 is 5.91 Å². The minimum absolute atomic E-state index is 0.0556. The number of nitrogens with one attached hydrogen (secondary N) is 1. The Bertz CT molecular complexity index is 1490. The van der Waals surface area contributed by atoms with Gasteiger partial charge >= 0.3 is 0 Å². The van der Waals surface area contributed by atoms with E-state index >= 15 is 0 Å². The van der Waals surface area contributed by atoms with E-state index in [1.54, 1.807) is 61.7 Å². The third-order valence-corrected chi connectivity index (χ3v) is 5.48. The van der Waals surface area contributed by atoms with E-state index in [1.165, 1.54) is 6.07 Å². The Morgan fingerprint density at radius 1 is 0.941 bits per heavy atom. The van der Waals surface area contributed by atoms with Gasteiger partial charge in [-0.15, -0.1) is 0 Å². The van der Waals surface area contributed by atoms with Crippen molar-refractivity contribution in [3.05, 3.63) is 101 Å². The van der Waals surface area contributed by atoms with Crippen molar-refractivity contribution in [2.45, 2.75) is 6.92 Å². The fourth-order valence-electron chi connectivity index (χ4n) is 3.65. The fourth-order valence-corrected chi connectivity index (χ4v) is 3.65. The third kappa shape index (κ3) is 3.95. The first-order valence-corrected chi connectivity index (χ1v) is 10.6. The minimum Gasteiger partial charge on any atom is -0.497 e. The predicted octanol–water partition coefficient (Wildman–Crippen LogP) is 5.89. The summed E-state index contributed by atoms with van der Waals surface area (Å²) in [4.78, 5) is 26.3. The van der Waals surface area contributed by atoms with Crippen LogP contribution in [0.3, 0.4) is 0 Å². The first-order chi connectivity index (χ1) is 16.5. The summed E-state index contributed by atoms with van der Waals surface area (Å²) in [6, 6.07) is 23.1. The van der Waals surface area contributed by atoms with Crippen LogP contribution >= 0.6 is 0 Å². The molecule has 0 radical (unpaired) electrons. The minimum atomic E-state index is -0.555. The molecule has 0 aliphatic heterocycles. The highest BCUT2D eigenvalue weighted by Crippen LogP contribution is 2.32. The molecule has 0 aliphatic rings. The molecule has 0 saturated carbocycles. The van der Waals surface area contributed by atoms with Crippen LogP contribution in [0.5, 0.6) is 5.75 Å². The fraction of sp³-hybridized carbons (Fsp3) is 0.0741. The standard InChI is InChI=1S/C27H20N2O5/c1-16-7-9-18(10-8-16)25(30)24-20-5-3-4-6-22(20)33-27(24)28-26(31)21-15-23(34-29-21)17-11-13-19(32-2)14-12-17/h3-15H,1-2H3,(H,28,31). The van der Waals surface area contributed by atoms with Crippen LogP contribution in [-0.4, -0.2) is 24.0 Å². The maximum Gasteiger partial charge on any atom is 0.280 e. The molecule has 34 heavy (non-hydrogen) atoms. The number of methoxy groups -OCH3 is 1. The number of aryl methyl sites for hydroxylation is 1. The number of aromatic nitrogens is 1. The lowest BCUT2D eigenvalue weighted by atomic mass is 10.0. The topological polar surface area (TPSA) is 94.6 Å². The van der Waals surface area contributed by atoms with Gasteiger partial charge in [-0.3, -0.25) is 14.9 Å². The molecule has 5 aromatic rings. The number of carbonyl (C=O) groups is 2. The molecular formula is C27H20N2O5. The zero-order valence-corrected chi connectivity index (χ0v) is 18.5. The number of nitrogens with zero attached hydrogens (tertiary/aromatic N) is 1. The molecule has 2 heterocycles. The van der Waals surface area contributed by atoms with Gasteiger partial charge in [-0.2, -0.15) is 0 Å². The summed E-state index contributed by atoms with van der Waals surface area (Å²) in [5, 5.41) is 7.19. The van der Waals surface area contributed by atoms with E-state index in [1.807, 2.05) is 25.1 Å². The first-order valence-electron chi connectivity index (χ1n) is 10.6. The number of benzene rings is 3. The number of fused-ring (bicyclic) bond motifs is 1. The molecule has 0 fully saturated rings. The summed E-state index contributed by atoms with van der Waals surface area (Å²) in [5.41, 5.74) is 3.11. The maximum atomic E-state index is 13.4. The van der Waals surface area contributed by atoms with Crippen LogP contribution < -0.4 is 10.1 Å². The van der Waals surface area contributed by atoms with Crippen LogP contribution in [-0.2, 0) is 0 Å². The van der Waals surface area contributed by atoms with Crippen LogP contribution in [0.1, 0.15) is 32.0 Å². The smallest absolute Gasteiger partial charge is 0.280 e. The lowest BCUT2D eigenvalue weighted by Crippen LogP contribution is -2.14. The molecule has 1 amide bonds. The van der Waals surface area contributed by atoms with Crippen LogP contribution in [0.4, 0.5) is 5.88 Å². The number of furan rings is 1. The van der Waals surface area contributed by atoms with Gasteiger partial charge in [0.15, 0.2) is 17.2 Å². The lowest BCUT2D eigenvalue weighted by molar-refractivity contribution is 0.101. The molecular weight excluding hydrogens is 432 g/mol. The molecule has 168 valence electrons. The van der Waals surface area contributed by atoms with Gasteiger partial charge < -0.3 is 13.7 Å². The van der Waals surface area contributed by atoms with E-state index in [9.17, 15) is 9.59 Å². The van der Waals surface area contributed by atoms with Crippen LogP contribution in [0.15, 0.2) is 87.8 Å². The average Bonchev–Trinajstić information content (AvgIpc) is 3.49. The Morgan fingerprint density at radius 2 is 1.68 bits per heavy atom. The molecule has 0 spiro atoms. The van der Waals surface area contributed by atoms with Crippen molar-refractivity contribution in [2.75, 3.05) is 12.4 Å². The molecule has 0 aliphatic carbocycles. The molecule has 1 N–H and O–H groups in total.